The number of fused-ring (bicyclic) bond motifs is 1. The summed E-state index contributed by atoms with van der Waals surface area (Å²) in [4.78, 5) is 14.4. The first-order valence-corrected chi connectivity index (χ1v) is 9.48. The maximum Gasteiger partial charge on any atom is 0.244 e. The van der Waals surface area contributed by atoms with E-state index in [4.69, 9.17) is 0 Å². The van der Waals surface area contributed by atoms with E-state index in [0.29, 0.717) is 5.56 Å². The van der Waals surface area contributed by atoms with Crippen molar-refractivity contribution in [2.24, 2.45) is 5.10 Å². The van der Waals surface area contributed by atoms with Crippen LogP contribution in [-0.4, -0.2) is 30.3 Å². The summed E-state index contributed by atoms with van der Waals surface area (Å²) < 4.78 is 0. The second kappa shape index (κ2) is 9.04. The molecule has 2 N–H and O–H groups in total. The Labute approximate surface area is 165 Å². The number of aromatic hydroxyl groups is 1. The highest BCUT2D eigenvalue weighted by molar-refractivity contribution is 5.91. The molecule has 0 saturated carbocycles. The zero-order chi connectivity index (χ0) is 19.9. The lowest BCUT2D eigenvalue weighted by Gasteiger charge is -2.21. The molecular weight excluding hydrogens is 350 g/mol. The molecule has 0 aliphatic rings. The highest BCUT2D eigenvalue weighted by atomic mass is 16.3. The number of carbonyl (C=O) groups is 1. The Hall–Kier alpha value is -3.34. The quantitative estimate of drug-likeness (QED) is 0.483. The van der Waals surface area contributed by atoms with Crippen molar-refractivity contribution in [3.05, 3.63) is 71.8 Å². The number of nitrogens with zero attached hydrogens (tertiary/aromatic N) is 2. The number of hydrogen-bond donors (Lipinski definition) is 2. The monoisotopic (exact) mass is 375 g/mol. The van der Waals surface area contributed by atoms with Crippen molar-refractivity contribution < 1.29 is 9.90 Å². The Morgan fingerprint density at radius 1 is 1.07 bits per heavy atom. The first kappa shape index (κ1) is 19.4. The lowest BCUT2D eigenvalue weighted by molar-refractivity contribution is -0.120. The average Bonchev–Trinajstić information content (AvgIpc) is 2.71. The summed E-state index contributed by atoms with van der Waals surface area (Å²) >= 11 is 0. The van der Waals surface area contributed by atoms with Crippen molar-refractivity contribution in [1.29, 1.82) is 0 Å². The number of phenols is 1. The first-order chi connectivity index (χ1) is 13.6. The van der Waals surface area contributed by atoms with Crippen LogP contribution in [0.3, 0.4) is 0 Å². The lowest BCUT2D eigenvalue weighted by Crippen LogP contribution is -2.21. The number of amides is 1. The second-order valence-electron chi connectivity index (χ2n) is 6.52. The first-order valence-electron chi connectivity index (χ1n) is 9.48. The number of benzene rings is 3. The minimum Gasteiger partial charge on any atom is -0.507 e. The summed E-state index contributed by atoms with van der Waals surface area (Å²) in [5.74, 6) is -0.0664. The van der Waals surface area contributed by atoms with Crippen LogP contribution in [0.4, 0.5) is 5.69 Å². The van der Waals surface area contributed by atoms with Crippen molar-refractivity contribution in [1.82, 2.24) is 5.43 Å². The Kier molecular flexibility index (Phi) is 6.27. The molecular formula is C23H25N3O2. The van der Waals surface area contributed by atoms with Crippen LogP contribution in [0.15, 0.2) is 65.8 Å². The molecule has 0 aliphatic heterocycles. The van der Waals surface area contributed by atoms with E-state index < -0.39 is 0 Å². The Morgan fingerprint density at radius 3 is 2.57 bits per heavy atom. The number of carbonyl (C=O) groups excluding carboxylic acids is 1. The largest absolute Gasteiger partial charge is 0.507 e. The highest BCUT2D eigenvalue weighted by Crippen LogP contribution is 2.23. The van der Waals surface area contributed by atoms with E-state index in [-0.39, 0.29) is 18.1 Å². The van der Waals surface area contributed by atoms with E-state index in [1.54, 1.807) is 12.1 Å². The van der Waals surface area contributed by atoms with Gasteiger partial charge >= 0.3 is 0 Å². The van der Waals surface area contributed by atoms with Crippen LogP contribution < -0.4 is 10.3 Å². The van der Waals surface area contributed by atoms with Crippen molar-refractivity contribution in [2.45, 2.75) is 20.3 Å². The van der Waals surface area contributed by atoms with Gasteiger partial charge in [0.15, 0.2) is 0 Å². The molecule has 3 aromatic carbocycles. The van der Waals surface area contributed by atoms with Crippen molar-refractivity contribution in [3.8, 4) is 5.75 Å². The zero-order valence-electron chi connectivity index (χ0n) is 16.2. The van der Waals surface area contributed by atoms with Crippen molar-refractivity contribution in [3.63, 3.8) is 0 Å². The molecule has 0 saturated heterocycles. The standard InChI is InChI=1S/C23H25N3O2/c1-3-26(4-2)20-13-12-19(22(27)15-20)16-24-25-23(28)14-18-10-7-9-17-8-5-6-11-21(17)18/h5-13,15-16,27H,3-4,14H2,1-2H3,(H,25,28)/b24-16+. The molecule has 3 rings (SSSR count). The average molecular weight is 375 g/mol. The molecule has 5 nitrogen and oxygen atoms in total. The zero-order valence-corrected chi connectivity index (χ0v) is 16.2. The molecule has 28 heavy (non-hydrogen) atoms. The molecule has 0 aliphatic carbocycles. The molecule has 0 radical (unpaired) electrons. The third-order valence-electron chi connectivity index (χ3n) is 4.77. The predicted molar refractivity (Wildman–Crippen MR) is 115 cm³/mol. The molecule has 0 aromatic heterocycles. The number of rotatable bonds is 7. The van der Waals surface area contributed by atoms with Gasteiger partial charge in [0.2, 0.25) is 5.91 Å². The Balaban J connectivity index is 1.65. The van der Waals surface area contributed by atoms with E-state index >= 15 is 0 Å². The van der Waals surface area contributed by atoms with Crippen molar-refractivity contribution in [2.75, 3.05) is 18.0 Å². The van der Waals surface area contributed by atoms with E-state index in [1.165, 1.54) is 6.21 Å². The Morgan fingerprint density at radius 2 is 1.82 bits per heavy atom. The van der Waals surface area contributed by atoms with E-state index in [1.807, 2.05) is 48.5 Å². The SMILES string of the molecule is CCN(CC)c1ccc(/C=N/NC(=O)Cc2cccc3ccccc23)c(O)c1. The summed E-state index contributed by atoms with van der Waals surface area (Å²) in [7, 11) is 0. The Bertz CT molecular complexity index is 989. The summed E-state index contributed by atoms with van der Waals surface area (Å²) in [6, 6.07) is 19.4. The molecule has 0 fully saturated rings. The summed E-state index contributed by atoms with van der Waals surface area (Å²) in [5.41, 5.74) is 5.01. The van der Waals surface area contributed by atoms with Crippen LogP contribution in [0.5, 0.6) is 5.75 Å². The van der Waals surface area contributed by atoms with Gasteiger partial charge in [-0.15, -0.1) is 0 Å². The minimum atomic E-state index is -0.202. The van der Waals surface area contributed by atoms with E-state index in [0.717, 1.165) is 35.1 Å². The highest BCUT2D eigenvalue weighted by Gasteiger charge is 2.07. The molecule has 3 aromatic rings. The number of hydrogen-bond acceptors (Lipinski definition) is 4. The fraction of sp³-hybridized carbons (Fsp3) is 0.217. The van der Waals surface area contributed by atoms with Crippen LogP contribution in [0.2, 0.25) is 0 Å². The van der Waals surface area contributed by atoms with Crippen LogP contribution >= 0.6 is 0 Å². The maximum atomic E-state index is 12.3. The van der Waals surface area contributed by atoms with Crippen molar-refractivity contribution >= 4 is 28.6 Å². The normalized spacial score (nSPS) is 11.1. The van der Waals surface area contributed by atoms with E-state index in [9.17, 15) is 9.90 Å². The molecule has 0 atom stereocenters. The molecule has 5 heteroatoms. The number of anilines is 1. The topological polar surface area (TPSA) is 64.9 Å². The molecule has 1 amide bonds. The number of phenolic OH excluding ortho intramolecular Hbond substituents is 1. The van der Waals surface area contributed by atoms with Gasteiger partial charge in [-0.3, -0.25) is 4.79 Å². The number of nitrogens with one attached hydrogen (secondary N) is 1. The summed E-state index contributed by atoms with van der Waals surface area (Å²) in [5, 5.41) is 16.4. The molecule has 0 bridgehead atoms. The van der Waals surface area contributed by atoms with Gasteiger partial charge in [-0.05, 0) is 42.3 Å². The van der Waals surface area contributed by atoms with Gasteiger partial charge in [-0.25, -0.2) is 5.43 Å². The molecule has 0 heterocycles. The van der Waals surface area contributed by atoms with Gasteiger partial charge < -0.3 is 10.0 Å². The van der Waals surface area contributed by atoms with Crippen LogP contribution in [0.1, 0.15) is 25.0 Å². The molecule has 0 spiro atoms. The third kappa shape index (κ3) is 4.49. The smallest absolute Gasteiger partial charge is 0.244 e. The molecule has 144 valence electrons. The van der Waals surface area contributed by atoms with Gasteiger partial charge in [0.1, 0.15) is 5.75 Å². The third-order valence-corrected chi connectivity index (χ3v) is 4.77. The lowest BCUT2D eigenvalue weighted by atomic mass is 10.0. The van der Waals surface area contributed by atoms with Crippen LogP contribution in [-0.2, 0) is 11.2 Å². The fourth-order valence-corrected chi connectivity index (χ4v) is 3.26. The second-order valence-corrected chi connectivity index (χ2v) is 6.52. The maximum absolute atomic E-state index is 12.3. The van der Waals surface area contributed by atoms with Gasteiger partial charge in [-0.1, -0.05) is 42.5 Å². The molecule has 0 unspecified atom stereocenters. The van der Waals surface area contributed by atoms with Gasteiger partial charge in [0, 0.05) is 30.4 Å². The summed E-state index contributed by atoms with van der Waals surface area (Å²) in [6.07, 6.45) is 1.70. The van der Waals surface area contributed by atoms with E-state index in [2.05, 4.69) is 29.3 Å². The van der Waals surface area contributed by atoms with Crippen LogP contribution in [0, 0.1) is 0 Å². The fourth-order valence-electron chi connectivity index (χ4n) is 3.26. The minimum absolute atomic E-state index is 0.136. The summed E-state index contributed by atoms with van der Waals surface area (Å²) in [6.45, 7) is 5.88. The van der Waals surface area contributed by atoms with Gasteiger partial charge in [0.05, 0.1) is 12.6 Å². The van der Waals surface area contributed by atoms with Gasteiger partial charge in [0.25, 0.3) is 0 Å². The predicted octanol–water partition coefficient (Wildman–Crippen LogP) is 4.08. The van der Waals surface area contributed by atoms with Crippen LogP contribution in [0.25, 0.3) is 10.8 Å². The van der Waals surface area contributed by atoms with Gasteiger partial charge in [-0.2, -0.15) is 5.10 Å². The number of hydrazone groups is 1.